The van der Waals surface area contributed by atoms with Crippen LogP contribution in [-0.4, -0.2) is 12.5 Å². The zero-order valence-electron chi connectivity index (χ0n) is 10.6. The lowest BCUT2D eigenvalue weighted by Crippen LogP contribution is -2.50. The van der Waals surface area contributed by atoms with Gasteiger partial charge in [0.05, 0.1) is 11.5 Å². The van der Waals surface area contributed by atoms with Crippen molar-refractivity contribution in [3.8, 4) is 0 Å². The molecule has 2 rings (SSSR count). The Bertz CT molecular complexity index is 438. The fourth-order valence-corrected chi connectivity index (χ4v) is 2.34. The fraction of sp³-hybridized carbons (Fsp3) is 0.500. The molecular weight excluding hydrogens is 231 g/mol. The van der Waals surface area contributed by atoms with Gasteiger partial charge in [0.2, 0.25) is 5.91 Å². The van der Waals surface area contributed by atoms with Crippen molar-refractivity contribution in [3.05, 3.63) is 35.6 Å². The molecule has 0 spiro atoms. The number of nitrogens with two attached hydrogens (primary N) is 1. The molecular formula is C14H19FN2O. The fourth-order valence-electron chi connectivity index (χ4n) is 2.34. The third kappa shape index (κ3) is 2.38. The SMILES string of the molecule is C[C@@H](NC(=O)C1(CN)CCC1)c1cccc(F)c1. The molecule has 0 aliphatic heterocycles. The lowest BCUT2D eigenvalue weighted by atomic mass is 9.68. The van der Waals surface area contributed by atoms with E-state index in [1.807, 2.05) is 13.0 Å². The van der Waals surface area contributed by atoms with Crippen molar-refractivity contribution >= 4 is 5.91 Å². The Morgan fingerprint density at radius 3 is 2.78 bits per heavy atom. The summed E-state index contributed by atoms with van der Waals surface area (Å²) in [6, 6.07) is 6.10. The van der Waals surface area contributed by atoms with Gasteiger partial charge in [0.25, 0.3) is 0 Å². The Balaban J connectivity index is 2.03. The van der Waals surface area contributed by atoms with Crippen molar-refractivity contribution in [3.63, 3.8) is 0 Å². The number of halogens is 1. The van der Waals surface area contributed by atoms with Crippen LogP contribution in [0.25, 0.3) is 0 Å². The first-order valence-electron chi connectivity index (χ1n) is 6.34. The number of hydrogen-bond donors (Lipinski definition) is 2. The van der Waals surface area contributed by atoms with Crippen molar-refractivity contribution in [1.29, 1.82) is 0 Å². The first-order valence-corrected chi connectivity index (χ1v) is 6.34. The summed E-state index contributed by atoms with van der Waals surface area (Å²) in [6.07, 6.45) is 2.76. The zero-order valence-corrected chi connectivity index (χ0v) is 10.6. The summed E-state index contributed by atoms with van der Waals surface area (Å²) in [7, 11) is 0. The predicted octanol–water partition coefficient (Wildman–Crippen LogP) is 2.13. The van der Waals surface area contributed by atoms with E-state index in [0.29, 0.717) is 6.54 Å². The monoisotopic (exact) mass is 250 g/mol. The van der Waals surface area contributed by atoms with Crippen LogP contribution in [0.1, 0.15) is 37.8 Å². The summed E-state index contributed by atoms with van der Waals surface area (Å²) >= 11 is 0. The summed E-state index contributed by atoms with van der Waals surface area (Å²) in [5.41, 5.74) is 6.07. The van der Waals surface area contributed by atoms with Gasteiger partial charge in [-0.25, -0.2) is 4.39 Å². The first kappa shape index (κ1) is 13.0. The van der Waals surface area contributed by atoms with Crippen molar-refractivity contribution in [2.75, 3.05) is 6.54 Å². The van der Waals surface area contributed by atoms with Crippen molar-refractivity contribution in [1.82, 2.24) is 5.32 Å². The molecule has 1 atom stereocenters. The van der Waals surface area contributed by atoms with Gasteiger partial charge in [-0.1, -0.05) is 18.6 Å². The van der Waals surface area contributed by atoms with E-state index >= 15 is 0 Å². The summed E-state index contributed by atoms with van der Waals surface area (Å²) in [5, 5.41) is 2.93. The molecule has 1 aromatic rings. The maximum Gasteiger partial charge on any atom is 0.227 e. The van der Waals surface area contributed by atoms with Gasteiger partial charge in [0, 0.05) is 6.54 Å². The van der Waals surface area contributed by atoms with E-state index in [0.717, 1.165) is 24.8 Å². The Morgan fingerprint density at radius 2 is 2.28 bits per heavy atom. The highest BCUT2D eigenvalue weighted by Gasteiger charge is 2.43. The second-order valence-electron chi connectivity index (χ2n) is 5.09. The average Bonchev–Trinajstić information content (AvgIpc) is 2.28. The van der Waals surface area contributed by atoms with Crippen molar-refractivity contribution in [2.24, 2.45) is 11.1 Å². The van der Waals surface area contributed by atoms with E-state index in [4.69, 9.17) is 5.73 Å². The van der Waals surface area contributed by atoms with Crippen LogP contribution in [0.15, 0.2) is 24.3 Å². The van der Waals surface area contributed by atoms with Crippen LogP contribution < -0.4 is 11.1 Å². The number of carbonyl (C=O) groups is 1. The molecule has 1 amide bonds. The number of rotatable bonds is 4. The molecule has 0 saturated heterocycles. The number of carbonyl (C=O) groups excluding carboxylic acids is 1. The topological polar surface area (TPSA) is 55.1 Å². The molecule has 1 aliphatic rings. The Hall–Kier alpha value is -1.42. The quantitative estimate of drug-likeness (QED) is 0.860. The van der Waals surface area contributed by atoms with E-state index in [1.165, 1.54) is 12.1 Å². The molecule has 18 heavy (non-hydrogen) atoms. The van der Waals surface area contributed by atoms with Crippen LogP contribution in [0.2, 0.25) is 0 Å². The first-order chi connectivity index (χ1) is 8.57. The third-order valence-corrected chi connectivity index (χ3v) is 3.88. The molecule has 0 aromatic heterocycles. The van der Waals surface area contributed by atoms with Gasteiger partial charge in [-0.3, -0.25) is 4.79 Å². The van der Waals surface area contributed by atoms with Crippen LogP contribution in [0, 0.1) is 11.2 Å². The van der Waals surface area contributed by atoms with Gasteiger partial charge in [0.1, 0.15) is 5.82 Å². The van der Waals surface area contributed by atoms with Crippen molar-refractivity contribution in [2.45, 2.75) is 32.2 Å². The summed E-state index contributed by atoms with van der Waals surface area (Å²) in [5.74, 6) is -0.293. The second kappa shape index (κ2) is 5.06. The maximum atomic E-state index is 13.1. The highest BCUT2D eigenvalue weighted by atomic mass is 19.1. The second-order valence-corrected chi connectivity index (χ2v) is 5.09. The lowest BCUT2D eigenvalue weighted by molar-refractivity contribution is -0.135. The minimum Gasteiger partial charge on any atom is -0.349 e. The Morgan fingerprint density at radius 1 is 1.56 bits per heavy atom. The van der Waals surface area contributed by atoms with Gasteiger partial charge in [-0.05, 0) is 37.5 Å². The lowest BCUT2D eigenvalue weighted by Gasteiger charge is -2.39. The number of amides is 1. The third-order valence-electron chi connectivity index (χ3n) is 3.88. The molecule has 1 fully saturated rings. The smallest absolute Gasteiger partial charge is 0.227 e. The Kier molecular flexibility index (Phi) is 3.66. The summed E-state index contributed by atoms with van der Waals surface area (Å²) in [6.45, 7) is 2.24. The standard InChI is InChI=1S/C14H19FN2O/c1-10(11-4-2-5-12(15)8-11)17-13(18)14(9-16)6-3-7-14/h2,4-5,8,10H,3,6-7,9,16H2,1H3,(H,17,18)/t10-/m1/s1. The van der Waals surface area contributed by atoms with E-state index in [9.17, 15) is 9.18 Å². The van der Waals surface area contributed by atoms with E-state index in [1.54, 1.807) is 6.07 Å². The van der Waals surface area contributed by atoms with Crippen LogP contribution in [-0.2, 0) is 4.79 Å². The van der Waals surface area contributed by atoms with Crippen LogP contribution in [0.4, 0.5) is 4.39 Å². The van der Waals surface area contributed by atoms with E-state index in [-0.39, 0.29) is 23.2 Å². The van der Waals surface area contributed by atoms with Gasteiger partial charge < -0.3 is 11.1 Å². The molecule has 4 heteroatoms. The predicted molar refractivity (Wildman–Crippen MR) is 68.3 cm³/mol. The van der Waals surface area contributed by atoms with Gasteiger partial charge >= 0.3 is 0 Å². The zero-order chi connectivity index (χ0) is 13.2. The van der Waals surface area contributed by atoms with Crippen molar-refractivity contribution < 1.29 is 9.18 Å². The normalized spacial score (nSPS) is 18.8. The molecule has 1 aliphatic carbocycles. The number of hydrogen-bond acceptors (Lipinski definition) is 2. The van der Waals surface area contributed by atoms with Crippen LogP contribution in [0.5, 0.6) is 0 Å². The Labute approximate surface area is 107 Å². The van der Waals surface area contributed by atoms with Gasteiger partial charge in [-0.15, -0.1) is 0 Å². The largest absolute Gasteiger partial charge is 0.349 e. The number of benzene rings is 1. The highest BCUT2D eigenvalue weighted by Crippen LogP contribution is 2.40. The van der Waals surface area contributed by atoms with Crippen LogP contribution in [0.3, 0.4) is 0 Å². The molecule has 0 heterocycles. The minimum absolute atomic E-state index is 0.00647. The molecule has 3 nitrogen and oxygen atoms in total. The molecule has 0 unspecified atom stereocenters. The van der Waals surface area contributed by atoms with E-state index in [2.05, 4.69) is 5.32 Å². The molecule has 0 bridgehead atoms. The minimum atomic E-state index is -0.387. The molecule has 0 radical (unpaired) electrons. The molecule has 98 valence electrons. The summed E-state index contributed by atoms with van der Waals surface area (Å²) < 4.78 is 13.1. The van der Waals surface area contributed by atoms with Gasteiger partial charge in [-0.2, -0.15) is 0 Å². The average molecular weight is 250 g/mol. The van der Waals surface area contributed by atoms with Gasteiger partial charge in [0.15, 0.2) is 0 Å². The van der Waals surface area contributed by atoms with E-state index < -0.39 is 0 Å². The molecule has 3 N–H and O–H groups in total. The molecule has 1 aromatic carbocycles. The van der Waals surface area contributed by atoms with Crippen LogP contribution >= 0.6 is 0 Å². The highest BCUT2D eigenvalue weighted by molar-refractivity contribution is 5.84. The maximum absolute atomic E-state index is 13.1. The number of nitrogens with one attached hydrogen (secondary N) is 1. The molecule has 1 saturated carbocycles. The summed E-state index contributed by atoms with van der Waals surface area (Å²) in [4.78, 5) is 12.2.